The predicted molar refractivity (Wildman–Crippen MR) is 114 cm³/mol. The third-order valence-electron chi connectivity index (χ3n) is 5.20. The van der Waals surface area contributed by atoms with Gasteiger partial charge in [-0.2, -0.15) is 0 Å². The monoisotopic (exact) mass is 461 g/mol. The van der Waals surface area contributed by atoms with Gasteiger partial charge in [-0.1, -0.05) is 28.0 Å². The molecule has 0 saturated carbocycles. The van der Waals surface area contributed by atoms with Crippen LogP contribution in [0, 0.1) is 19.7 Å². The maximum Gasteiger partial charge on any atom is 0.259 e. The summed E-state index contributed by atoms with van der Waals surface area (Å²) in [4.78, 5) is 29.0. The minimum Gasteiger partial charge on any atom is -0.360 e. The lowest BCUT2D eigenvalue weighted by Gasteiger charge is -2.34. The van der Waals surface area contributed by atoms with Crippen LogP contribution in [-0.4, -0.2) is 64.7 Å². The Morgan fingerprint density at radius 1 is 1.16 bits per heavy atom. The van der Waals surface area contributed by atoms with Gasteiger partial charge in [-0.15, -0.1) is 0 Å². The molecule has 2 amide bonds. The van der Waals surface area contributed by atoms with E-state index in [0.717, 1.165) is 0 Å². The highest BCUT2D eigenvalue weighted by molar-refractivity contribution is 6.33. The van der Waals surface area contributed by atoms with Gasteiger partial charge in [0.05, 0.1) is 17.1 Å². The SMILES string of the molecule is Cc1cc(NC(=O)CN2CCN(C(=O)c3c(-c4c(F)cccc4Cl)noc3C)CC2)no1. The lowest BCUT2D eigenvalue weighted by molar-refractivity contribution is -0.117. The molecule has 0 bridgehead atoms. The molecule has 1 saturated heterocycles. The molecule has 1 N–H and O–H groups in total. The zero-order chi connectivity index (χ0) is 22.8. The third kappa shape index (κ3) is 4.51. The van der Waals surface area contributed by atoms with Crippen molar-refractivity contribution >= 4 is 29.2 Å². The topological polar surface area (TPSA) is 105 Å². The van der Waals surface area contributed by atoms with E-state index in [4.69, 9.17) is 20.6 Å². The Bertz CT molecular complexity index is 1130. The second-order valence-electron chi connectivity index (χ2n) is 7.50. The Labute approximate surface area is 188 Å². The van der Waals surface area contributed by atoms with Crippen LogP contribution in [0.2, 0.25) is 5.02 Å². The first-order valence-corrected chi connectivity index (χ1v) is 10.4. The molecule has 32 heavy (non-hydrogen) atoms. The smallest absolute Gasteiger partial charge is 0.259 e. The number of nitrogens with one attached hydrogen (secondary N) is 1. The molecule has 2 aromatic heterocycles. The molecule has 0 atom stereocenters. The lowest BCUT2D eigenvalue weighted by Crippen LogP contribution is -2.50. The molecule has 1 aliphatic heterocycles. The van der Waals surface area contributed by atoms with Crippen LogP contribution in [0.25, 0.3) is 11.3 Å². The second kappa shape index (κ2) is 9.09. The molecular weight excluding hydrogens is 441 g/mol. The maximum absolute atomic E-state index is 14.4. The van der Waals surface area contributed by atoms with Crippen LogP contribution in [0.3, 0.4) is 0 Å². The van der Waals surface area contributed by atoms with Crippen molar-refractivity contribution in [3.05, 3.63) is 52.2 Å². The van der Waals surface area contributed by atoms with Crippen molar-refractivity contribution in [3.63, 3.8) is 0 Å². The average Bonchev–Trinajstić information content (AvgIpc) is 3.33. The molecule has 0 unspecified atom stereocenters. The number of benzene rings is 1. The molecule has 0 spiro atoms. The van der Waals surface area contributed by atoms with Crippen molar-refractivity contribution < 1.29 is 23.0 Å². The summed E-state index contributed by atoms with van der Waals surface area (Å²) in [5.41, 5.74) is 0.303. The fourth-order valence-electron chi connectivity index (χ4n) is 3.60. The first kappa shape index (κ1) is 22.0. The van der Waals surface area contributed by atoms with E-state index in [0.29, 0.717) is 37.8 Å². The number of piperazine rings is 1. The zero-order valence-corrected chi connectivity index (χ0v) is 18.3. The highest BCUT2D eigenvalue weighted by Gasteiger charge is 2.30. The summed E-state index contributed by atoms with van der Waals surface area (Å²) in [6.45, 7) is 5.28. The van der Waals surface area contributed by atoms with Crippen LogP contribution in [0.5, 0.6) is 0 Å². The van der Waals surface area contributed by atoms with E-state index < -0.39 is 5.82 Å². The Morgan fingerprint density at radius 2 is 1.91 bits per heavy atom. The molecule has 9 nitrogen and oxygen atoms in total. The standard InChI is InChI=1S/C21H21ClFN5O4/c1-12-10-16(25-31-12)24-17(29)11-27-6-8-28(9-7-27)21(30)18-13(2)32-26-20(18)19-14(22)4-3-5-15(19)23/h3-5,10H,6-9,11H2,1-2H3,(H,24,25,29). The van der Waals surface area contributed by atoms with Crippen molar-refractivity contribution in [1.29, 1.82) is 0 Å². The average molecular weight is 462 g/mol. The number of nitrogens with zero attached hydrogens (tertiary/aromatic N) is 4. The van der Waals surface area contributed by atoms with Crippen LogP contribution < -0.4 is 5.32 Å². The van der Waals surface area contributed by atoms with Gasteiger partial charge in [0.15, 0.2) is 5.82 Å². The number of aromatic nitrogens is 2. The van der Waals surface area contributed by atoms with Crippen molar-refractivity contribution in [2.24, 2.45) is 0 Å². The molecule has 3 aromatic rings. The van der Waals surface area contributed by atoms with Gasteiger partial charge in [0.1, 0.15) is 28.6 Å². The highest BCUT2D eigenvalue weighted by Crippen LogP contribution is 2.34. The number of hydrogen-bond acceptors (Lipinski definition) is 7. The summed E-state index contributed by atoms with van der Waals surface area (Å²) in [6.07, 6.45) is 0. The van der Waals surface area contributed by atoms with Crippen molar-refractivity contribution in [3.8, 4) is 11.3 Å². The molecule has 168 valence electrons. The van der Waals surface area contributed by atoms with Gasteiger partial charge in [-0.25, -0.2) is 4.39 Å². The van der Waals surface area contributed by atoms with E-state index in [9.17, 15) is 14.0 Å². The van der Waals surface area contributed by atoms with Gasteiger partial charge >= 0.3 is 0 Å². The number of aryl methyl sites for hydroxylation is 2. The fraction of sp³-hybridized carbons (Fsp3) is 0.333. The Hall–Kier alpha value is -3.24. The molecule has 4 rings (SSSR count). The van der Waals surface area contributed by atoms with Crippen molar-refractivity contribution in [1.82, 2.24) is 20.1 Å². The molecule has 1 aliphatic rings. The van der Waals surface area contributed by atoms with E-state index in [1.165, 1.54) is 18.2 Å². The molecule has 0 radical (unpaired) electrons. The van der Waals surface area contributed by atoms with E-state index in [1.54, 1.807) is 24.8 Å². The van der Waals surface area contributed by atoms with Gasteiger partial charge in [-0.05, 0) is 26.0 Å². The van der Waals surface area contributed by atoms with Crippen LogP contribution in [0.15, 0.2) is 33.3 Å². The number of halogens is 2. The van der Waals surface area contributed by atoms with E-state index in [-0.39, 0.29) is 46.0 Å². The first-order valence-electron chi connectivity index (χ1n) is 9.99. The second-order valence-corrected chi connectivity index (χ2v) is 7.91. The Morgan fingerprint density at radius 3 is 2.56 bits per heavy atom. The minimum atomic E-state index is -0.585. The summed E-state index contributed by atoms with van der Waals surface area (Å²) in [7, 11) is 0. The van der Waals surface area contributed by atoms with Crippen LogP contribution in [0.4, 0.5) is 10.2 Å². The Balaban J connectivity index is 1.41. The molecule has 3 heterocycles. The molecular formula is C21H21ClFN5O4. The van der Waals surface area contributed by atoms with Crippen LogP contribution in [0.1, 0.15) is 21.9 Å². The number of hydrogen-bond donors (Lipinski definition) is 1. The van der Waals surface area contributed by atoms with Crippen molar-refractivity contribution in [2.75, 3.05) is 38.0 Å². The number of carbonyl (C=O) groups excluding carboxylic acids is 2. The van der Waals surface area contributed by atoms with E-state index in [2.05, 4.69) is 15.6 Å². The number of carbonyl (C=O) groups is 2. The fourth-order valence-corrected chi connectivity index (χ4v) is 3.85. The van der Waals surface area contributed by atoms with Gasteiger partial charge in [0, 0.05) is 32.2 Å². The lowest BCUT2D eigenvalue weighted by atomic mass is 10.0. The van der Waals surface area contributed by atoms with Crippen LogP contribution >= 0.6 is 11.6 Å². The summed E-state index contributed by atoms with van der Waals surface area (Å²) in [6, 6.07) is 5.90. The van der Waals surface area contributed by atoms with Gasteiger partial charge in [0.25, 0.3) is 5.91 Å². The van der Waals surface area contributed by atoms with Gasteiger partial charge in [-0.3, -0.25) is 14.5 Å². The molecule has 0 aliphatic carbocycles. The molecule has 1 aromatic carbocycles. The normalized spacial score (nSPS) is 14.6. The number of anilines is 1. The predicted octanol–water partition coefficient (Wildman–Crippen LogP) is 3.14. The van der Waals surface area contributed by atoms with Crippen LogP contribution in [-0.2, 0) is 4.79 Å². The van der Waals surface area contributed by atoms with Gasteiger partial charge < -0.3 is 19.3 Å². The van der Waals surface area contributed by atoms with E-state index >= 15 is 0 Å². The quantitative estimate of drug-likeness (QED) is 0.622. The highest BCUT2D eigenvalue weighted by atomic mass is 35.5. The van der Waals surface area contributed by atoms with E-state index in [1.807, 2.05) is 4.90 Å². The number of rotatable bonds is 5. The molecule has 1 fully saturated rings. The molecule has 11 heteroatoms. The summed E-state index contributed by atoms with van der Waals surface area (Å²) in [5.74, 6) is 0.132. The summed E-state index contributed by atoms with van der Waals surface area (Å²) in [5, 5.41) is 10.5. The minimum absolute atomic E-state index is 0.0350. The Kier molecular flexibility index (Phi) is 6.24. The van der Waals surface area contributed by atoms with Crippen molar-refractivity contribution in [2.45, 2.75) is 13.8 Å². The maximum atomic E-state index is 14.4. The summed E-state index contributed by atoms with van der Waals surface area (Å²) < 4.78 is 24.5. The third-order valence-corrected chi connectivity index (χ3v) is 5.51. The first-order chi connectivity index (χ1) is 15.3. The summed E-state index contributed by atoms with van der Waals surface area (Å²) >= 11 is 6.16. The largest absolute Gasteiger partial charge is 0.360 e. The van der Waals surface area contributed by atoms with Gasteiger partial charge in [0.2, 0.25) is 5.91 Å². The zero-order valence-electron chi connectivity index (χ0n) is 17.5. The number of amides is 2.